The van der Waals surface area contributed by atoms with Crippen LogP contribution < -0.4 is 5.32 Å². The van der Waals surface area contributed by atoms with Crippen molar-refractivity contribution in [1.29, 1.82) is 0 Å². The normalized spacial score (nSPS) is 12.4. The maximum atomic E-state index is 13.3. The summed E-state index contributed by atoms with van der Waals surface area (Å²) in [6.45, 7) is 2.87. The Morgan fingerprint density at radius 1 is 1.32 bits per heavy atom. The zero-order valence-corrected chi connectivity index (χ0v) is 12.3. The highest BCUT2D eigenvalue weighted by Gasteiger charge is 2.12. The summed E-state index contributed by atoms with van der Waals surface area (Å²) in [5, 5.41) is 3.37. The number of aromatic nitrogens is 1. The lowest BCUT2D eigenvalue weighted by Crippen LogP contribution is -2.23. The van der Waals surface area contributed by atoms with Gasteiger partial charge in [-0.2, -0.15) is 0 Å². The van der Waals surface area contributed by atoms with Gasteiger partial charge in [0.1, 0.15) is 5.82 Å². The molecule has 2 aromatic rings. The SMILES string of the molecule is CCNC(Cc1cccc(Br)c1)c1cncc(F)c1. The van der Waals surface area contributed by atoms with Crippen molar-refractivity contribution in [2.45, 2.75) is 19.4 Å². The number of halogens is 2. The first-order chi connectivity index (χ1) is 9.19. The van der Waals surface area contributed by atoms with Gasteiger partial charge < -0.3 is 5.32 Å². The Kier molecular flexibility index (Phi) is 5.05. The molecule has 19 heavy (non-hydrogen) atoms. The van der Waals surface area contributed by atoms with E-state index in [1.165, 1.54) is 17.8 Å². The van der Waals surface area contributed by atoms with E-state index in [0.29, 0.717) is 0 Å². The molecular formula is C15H16BrFN2. The molecule has 4 heteroatoms. The van der Waals surface area contributed by atoms with Crippen molar-refractivity contribution in [3.63, 3.8) is 0 Å². The second kappa shape index (κ2) is 6.78. The van der Waals surface area contributed by atoms with E-state index in [1.54, 1.807) is 6.20 Å². The van der Waals surface area contributed by atoms with Crippen LogP contribution in [0.25, 0.3) is 0 Å². The van der Waals surface area contributed by atoms with Crippen molar-refractivity contribution in [2.75, 3.05) is 6.54 Å². The lowest BCUT2D eigenvalue weighted by molar-refractivity contribution is 0.539. The van der Waals surface area contributed by atoms with Crippen molar-refractivity contribution in [2.24, 2.45) is 0 Å². The van der Waals surface area contributed by atoms with E-state index in [-0.39, 0.29) is 11.9 Å². The molecular weight excluding hydrogens is 307 g/mol. The average Bonchev–Trinajstić information content (AvgIpc) is 2.38. The van der Waals surface area contributed by atoms with Crippen molar-refractivity contribution >= 4 is 15.9 Å². The summed E-state index contributed by atoms with van der Waals surface area (Å²) in [6, 6.07) is 9.77. The minimum atomic E-state index is -0.297. The summed E-state index contributed by atoms with van der Waals surface area (Å²) in [5.41, 5.74) is 2.08. The highest BCUT2D eigenvalue weighted by Crippen LogP contribution is 2.20. The lowest BCUT2D eigenvalue weighted by atomic mass is 10.00. The first kappa shape index (κ1) is 14.2. The van der Waals surface area contributed by atoms with Crippen LogP contribution in [0.3, 0.4) is 0 Å². The fourth-order valence-electron chi connectivity index (χ4n) is 2.07. The number of benzene rings is 1. The van der Waals surface area contributed by atoms with E-state index >= 15 is 0 Å². The fourth-order valence-corrected chi connectivity index (χ4v) is 2.52. The number of hydrogen-bond acceptors (Lipinski definition) is 2. The van der Waals surface area contributed by atoms with Gasteiger partial charge in [-0.3, -0.25) is 4.98 Å². The minimum Gasteiger partial charge on any atom is -0.310 e. The van der Waals surface area contributed by atoms with Crippen LogP contribution in [-0.4, -0.2) is 11.5 Å². The minimum absolute atomic E-state index is 0.0718. The smallest absolute Gasteiger partial charge is 0.141 e. The summed E-state index contributed by atoms with van der Waals surface area (Å²) in [6.07, 6.45) is 3.75. The topological polar surface area (TPSA) is 24.9 Å². The number of nitrogens with zero attached hydrogens (tertiary/aromatic N) is 1. The first-order valence-corrected chi connectivity index (χ1v) is 7.06. The van der Waals surface area contributed by atoms with Crippen molar-refractivity contribution in [1.82, 2.24) is 10.3 Å². The number of nitrogens with one attached hydrogen (secondary N) is 1. The van der Waals surface area contributed by atoms with Gasteiger partial charge in [0.15, 0.2) is 0 Å². The third-order valence-corrected chi connectivity index (χ3v) is 3.40. The van der Waals surface area contributed by atoms with Gasteiger partial charge in [-0.05, 0) is 42.3 Å². The molecule has 0 fully saturated rings. The van der Waals surface area contributed by atoms with E-state index in [0.717, 1.165) is 23.0 Å². The Labute approximate surface area is 121 Å². The van der Waals surface area contributed by atoms with Crippen LogP contribution in [0, 0.1) is 5.82 Å². The third kappa shape index (κ3) is 4.11. The molecule has 1 aromatic carbocycles. The summed E-state index contributed by atoms with van der Waals surface area (Å²) >= 11 is 3.47. The average molecular weight is 323 g/mol. The zero-order chi connectivity index (χ0) is 13.7. The van der Waals surface area contributed by atoms with Crippen molar-refractivity contribution in [3.05, 3.63) is 64.1 Å². The molecule has 0 aliphatic rings. The van der Waals surface area contributed by atoms with Crippen LogP contribution in [0.15, 0.2) is 47.2 Å². The van der Waals surface area contributed by atoms with Crippen molar-refractivity contribution < 1.29 is 4.39 Å². The summed E-state index contributed by atoms with van der Waals surface area (Å²) in [5.74, 6) is -0.297. The highest BCUT2D eigenvalue weighted by molar-refractivity contribution is 9.10. The molecule has 0 amide bonds. The van der Waals surface area contributed by atoms with Crippen molar-refractivity contribution in [3.8, 4) is 0 Å². The van der Waals surface area contributed by atoms with Gasteiger partial charge in [-0.25, -0.2) is 4.39 Å². The number of rotatable bonds is 5. The van der Waals surface area contributed by atoms with Crippen LogP contribution in [0.2, 0.25) is 0 Å². The maximum absolute atomic E-state index is 13.3. The number of likely N-dealkylation sites (N-methyl/N-ethyl adjacent to an activating group) is 1. The molecule has 0 aliphatic carbocycles. The largest absolute Gasteiger partial charge is 0.310 e. The fraction of sp³-hybridized carbons (Fsp3) is 0.267. The summed E-state index contributed by atoms with van der Waals surface area (Å²) in [7, 11) is 0. The van der Waals surface area contributed by atoms with E-state index < -0.39 is 0 Å². The van der Waals surface area contributed by atoms with Gasteiger partial charge in [-0.15, -0.1) is 0 Å². The molecule has 2 rings (SSSR count). The van der Waals surface area contributed by atoms with Crippen LogP contribution in [-0.2, 0) is 6.42 Å². The van der Waals surface area contributed by atoms with E-state index in [2.05, 4.69) is 38.4 Å². The molecule has 0 spiro atoms. The number of pyridine rings is 1. The van der Waals surface area contributed by atoms with Gasteiger partial charge >= 0.3 is 0 Å². The Hall–Kier alpha value is -1.26. The quantitative estimate of drug-likeness (QED) is 0.903. The molecule has 1 unspecified atom stereocenters. The van der Waals surface area contributed by atoms with Crippen LogP contribution in [0.1, 0.15) is 24.1 Å². The number of hydrogen-bond donors (Lipinski definition) is 1. The van der Waals surface area contributed by atoms with E-state index in [9.17, 15) is 4.39 Å². The molecule has 0 saturated carbocycles. The Balaban J connectivity index is 2.21. The van der Waals surface area contributed by atoms with Gasteiger partial charge in [0, 0.05) is 16.7 Å². The van der Waals surface area contributed by atoms with Gasteiger partial charge in [-0.1, -0.05) is 35.0 Å². The van der Waals surface area contributed by atoms with Crippen LogP contribution >= 0.6 is 15.9 Å². The second-order valence-corrected chi connectivity index (χ2v) is 5.30. The molecule has 0 bridgehead atoms. The second-order valence-electron chi connectivity index (χ2n) is 4.38. The predicted molar refractivity (Wildman–Crippen MR) is 78.5 cm³/mol. The van der Waals surface area contributed by atoms with Gasteiger partial charge in [0.25, 0.3) is 0 Å². The predicted octanol–water partition coefficient (Wildman–Crippen LogP) is 3.88. The third-order valence-electron chi connectivity index (χ3n) is 2.91. The Morgan fingerprint density at radius 3 is 2.84 bits per heavy atom. The summed E-state index contributed by atoms with van der Waals surface area (Å²) < 4.78 is 14.3. The molecule has 0 aliphatic heterocycles. The Bertz CT molecular complexity index is 545. The first-order valence-electron chi connectivity index (χ1n) is 6.27. The van der Waals surface area contributed by atoms with Gasteiger partial charge in [0.05, 0.1) is 6.20 Å². The molecule has 2 nitrogen and oxygen atoms in total. The molecule has 100 valence electrons. The molecule has 1 N–H and O–H groups in total. The molecule has 0 radical (unpaired) electrons. The van der Waals surface area contributed by atoms with Gasteiger partial charge in [0.2, 0.25) is 0 Å². The summed E-state index contributed by atoms with van der Waals surface area (Å²) in [4.78, 5) is 3.92. The highest BCUT2D eigenvalue weighted by atomic mass is 79.9. The zero-order valence-electron chi connectivity index (χ0n) is 10.7. The van der Waals surface area contributed by atoms with Crippen LogP contribution in [0.5, 0.6) is 0 Å². The Morgan fingerprint density at radius 2 is 2.16 bits per heavy atom. The molecule has 1 heterocycles. The standard InChI is InChI=1S/C15H16BrFN2/c1-2-19-15(12-8-14(17)10-18-9-12)7-11-4-3-5-13(16)6-11/h3-6,8-10,15,19H,2,7H2,1H3. The van der Waals surface area contributed by atoms with E-state index in [4.69, 9.17) is 0 Å². The lowest BCUT2D eigenvalue weighted by Gasteiger charge is -2.18. The molecule has 1 aromatic heterocycles. The van der Waals surface area contributed by atoms with Crippen LogP contribution in [0.4, 0.5) is 4.39 Å². The molecule has 0 saturated heterocycles. The van der Waals surface area contributed by atoms with E-state index in [1.807, 2.05) is 19.1 Å². The maximum Gasteiger partial charge on any atom is 0.141 e. The monoisotopic (exact) mass is 322 g/mol. The molecule has 1 atom stereocenters.